The van der Waals surface area contributed by atoms with Crippen molar-refractivity contribution in [1.82, 2.24) is 15.7 Å². The SMILES string of the molecule is CN(C)C[C@H](NC(=O)OCC1c2ccccc2-c2ccccc21)C(=O)NOC(C(=O)O)C1CC1. The molecule has 2 atom stereocenters. The number of rotatable bonds is 10. The minimum absolute atomic E-state index is 0.0996. The van der Waals surface area contributed by atoms with Gasteiger partial charge >= 0.3 is 12.1 Å². The lowest BCUT2D eigenvalue weighted by molar-refractivity contribution is -0.163. The van der Waals surface area contributed by atoms with Gasteiger partial charge in [0.05, 0.1) is 0 Å². The molecule has 2 aliphatic rings. The molecular weight excluding hydrogens is 438 g/mol. The second kappa shape index (κ2) is 10.2. The molecule has 3 N–H and O–H groups in total. The predicted octanol–water partition coefficient (Wildman–Crippen LogP) is 2.37. The first-order valence-corrected chi connectivity index (χ1v) is 11.3. The maximum atomic E-state index is 12.6. The predicted molar refractivity (Wildman–Crippen MR) is 124 cm³/mol. The summed E-state index contributed by atoms with van der Waals surface area (Å²) in [6, 6.07) is 15.1. The third-order valence-electron chi connectivity index (χ3n) is 6.08. The first-order chi connectivity index (χ1) is 16.3. The van der Waals surface area contributed by atoms with Gasteiger partial charge in [-0.3, -0.25) is 9.63 Å². The number of likely N-dealkylation sites (N-methyl/N-ethyl adjacent to an activating group) is 1. The fourth-order valence-corrected chi connectivity index (χ4v) is 4.28. The zero-order valence-corrected chi connectivity index (χ0v) is 19.2. The molecule has 1 saturated carbocycles. The maximum Gasteiger partial charge on any atom is 0.407 e. The number of carbonyl (C=O) groups is 3. The molecule has 0 bridgehead atoms. The molecule has 2 aromatic rings. The normalized spacial score (nSPS) is 16.3. The van der Waals surface area contributed by atoms with E-state index in [1.54, 1.807) is 19.0 Å². The highest BCUT2D eigenvalue weighted by Crippen LogP contribution is 2.44. The summed E-state index contributed by atoms with van der Waals surface area (Å²) in [7, 11) is 3.51. The quantitative estimate of drug-likeness (QED) is 0.459. The molecule has 4 rings (SSSR count). The molecular formula is C25H29N3O6. The summed E-state index contributed by atoms with van der Waals surface area (Å²) in [5, 5.41) is 11.8. The third kappa shape index (κ3) is 5.37. The number of carboxylic acids is 1. The number of hydrogen-bond acceptors (Lipinski definition) is 6. The van der Waals surface area contributed by atoms with Crippen LogP contribution in [-0.4, -0.2) is 67.4 Å². The van der Waals surface area contributed by atoms with E-state index in [4.69, 9.17) is 9.57 Å². The second-order valence-corrected chi connectivity index (χ2v) is 8.97. The summed E-state index contributed by atoms with van der Waals surface area (Å²) < 4.78 is 5.53. The van der Waals surface area contributed by atoms with Crippen LogP contribution in [0.1, 0.15) is 29.9 Å². The Kier molecular flexibility index (Phi) is 7.14. The summed E-state index contributed by atoms with van der Waals surface area (Å²) in [6.07, 6.45) is -0.350. The van der Waals surface area contributed by atoms with Crippen molar-refractivity contribution in [3.8, 4) is 11.1 Å². The van der Waals surface area contributed by atoms with Crippen LogP contribution in [0.3, 0.4) is 0 Å². The zero-order chi connectivity index (χ0) is 24.2. The summed E-state index contributed by atoms with van der Waals surface area (Å²) >= 11 is 0. The largest absolute Gasteiger partial charge is 0.479 e. The third-order valence-corrected chi connectivity index (χ3v) is 6.08. The molecule has 0 radical (unpaired) electrons. The van der Waals surface area contributed by atoms with Gasteiger partial charge in [-0.1, -0.05) is 48.5 Å². The number of fused-ring (bicyclic) bond motifs is 3. The van der Waals surface area contributed by atoms with E-state index in [0.717, 1.165) is 35.1 Å². The highest BCUT2D eigenvalue weighted by molar-refractivity contribution is 5.85. The molecule has 2 aromatic carbocycles. The molecule has 34 heavy (non-hydrogen) atoms. The van der Waals surface area contributed by atoms with E-state index in [2.05, 4.69) is 22.9 Å². The molecule has 0 spiro atoms. The number of alkyl carbamates (subject to hydrolysis) is 1. The van der Waals surface area contributed by atoms with Gasteiger partial charge in [-0.25, -0.2) is 15.1 Å². The number of carbonyl (C=O) groups excluding carboxylic acids is 2. The standard InChI is InChI=1S/C25H29N3O6/c1-28(2)13-21(23(29)27-34-22(24(30)31)15-11-12-15)26-25(32)33-14-20-18-9-5-3-7-16(18)17-8-4-6-10-19(17)20/h3-10,15,20-22H,11-14H2,1-2H3,(H,26,32)(H,27,29)(H,30,31)/t21-,22?/m0/s1. The summed E-state index contributed by atoms with van der Waals surface area (Å²) in [4.78, 5) is 43.5. The summed E-state index contributed by atoms with van der Waals surface area (Å²) in [5.74, 6) is -1.98. The van der Waals surface area contributed by atoms with Crippen molar-refractivity contribution in [3.05, 3.63) is 59.7 Å². The van der Waals surface area contributed by atoms with Gasteiger partial charge in [0, 0.05) is 12.5 Å². The van der Waals surface area contributed by atoms with E-state index >= 15 is 0 Å². The molecule has 1 unspecified atom stereocenters. The van der Waals surface area contributed by atoms with Crippen molar-refractivity contribution >= 4 is 18.0 Å². The van der Waals surface area contributed by atoms with Crippen molar-refractivity contribution in [2.24, 2.45) is 5.92 Å². The molecule has 0 heterocycles. The van der Waals surface area contributed by atoms with Crippen LogP contribution in [0.5, 0.6) is 0 Å². The van der Waals surface area contributed by atoms with Crippen LogP contribution >= 0.6 is 0 Å². The van der Waals surface area contributed by atoms with E-state index in [9.17, 15) is 19.5 Å². The number of ether oxygens (including phenoxy) is 1. The number of hydroxylamine groups is 1. The van der Waals surface area contributed by atoms with E-state index in [-0.39, 0.29) is 25.0 Å². The topological polar surface area (TPSA) is 117 Å². The number of nitrogens with zero attached hydrogens (tertiary/aromatic N) is 1. The van der Waals surface area contributed by atoms with Gasteiger partial charge in [0.1, 0.15) is 12.6 Å². The zero-order valence-electron chi connectivity index (χ0n) is 19.2. The molecule has 2 aliphatic carbocycles. The Morgan fingerprint density at radius 1 is 1.03 bits per heavy atom. The number of hydrogen-bond donors (Lipinski definition) is 3. The van der Waals surface area contributed by atoms with Crippen molar-refractivity contribution in [2.75, 3.05) is 27.2 Å². The van der Waals surface area contributed by atoms with Crippen LogP contribution in [0.2, 0.25) is 0 Å². The number of amides is 2. The first kappa shape index (κ1) is 23.7. The average Bonchev–Trinajstić information content (AvgIpc) is 3.59. The van der Waals surface area contributed by atoms with Crippen molar-refractivity contribution in [3.63, 3.8) is 0 Å². The van der Waals surface area contributed by atoms with Crippen LogP contribution < -0.4 is 10.8 Å². The van der Waals surface area contributed by atoms with Crippen LogP contribution in [0.25, 0.3) is 11.1 Å². The molecule has 9 heteroatoms. The Balaban J connectivity index is 1.37. The van der Waals surface area contributed by atoms with E-state index in [0.29, 0.717) is 0 Å². The number of carboxylic acid groups (broad SMARTS) is 1. The molecule has 2 amide bonds. The Morgan fingerprint density at radius 2 is 1.62 bits per heavy atom. The van der Waals surface area contributed by atoms with E-state index in [1.807, 2.05) is 36.4 Å². The molecule has 1 fully saturated rings. The number of benzene rings is 2. The van der Waals surface area contributed by atoms with Crippen molar-refractivity contribution in [1.29, 1.82) is 0 Å². The van der Waals surface area contributed by atoms with Crippen LogP contribution in [0.4, 0.5) is 4.79 Å². The first-order valence-electron chi connectivity index (χ1n) is 11.3. The molecule has 0 saturated heterocycles. The van der Waals surface area contributed by atoms with Gasteiger partial charge in [0.25, 0.3) is 5.91 Å². The average molecular weight is 468 g/mol. The molecule has 0 aromatic heterocycles. The van der Waals surface area contributed by atoms with Gasteiger partial charge in [0.15, 0.2) is 6.10 Å². The lowest BCUT2D eigenvalue weighted by Crippen LogP contribution is -2.52. The smallest absolute Gasteiger partial charge is 0.407 e. The second-order valence-electron chi connectivity index (χ2n) is 8.97. The van der Waals surface area contributed by atoms with Crippen LogP contribution in [-0.2, 0) is 19.2 Å². The van der Waals surface area contributed by atoms with Gasteiger partial charge in [-0.15, -0.1) is 0 Å². The van der Waals surface area contributed by atoms with Crippen molar-refractivity contribution in [2.45, 2.75) is 30.9 Å². The van der Waals surface area contributed by atoms with Gasteiger partial charge in [0.2, 0.25) is 0 Å². The Morgan fingerprint density at radius 3 is 2.15 bits per heavy atom. The highest BCUT2D eigenvalue weighted by Gasteiger charge is 2.38. The van der Waals surface area contributed by atoms with E-state index in [1.165, 1.54) is 0 Å². The summed E-state index contributed by atoms with van der Waals surface area (Å²) in [6.45, 7) is 0.302. The number of nitrogens with one attached hydrogen (secondary N) is 2. The minimum Gasteiger partial charge on any atom is -0.479 e. The van der Waals surface area contributed by atoms with Gasteiger partial charge in [-0.05, 0) is 55.1 Å². The Labute approximate surface area is 198 Å². The molecule has 9 nitrogen and oxygen atoms in total. The molecule has 0 aliphatic heterocycles. The maximum absolute atomic E-state index is 12.6. The van der Waals surface area contributed by atoms with Crippen LogP contribution in [0, 0.1) is 5.92 Å². The minimum atomic E-state index is -1.13. The van der Waals surface area contributed by atoms with Crippen molar-refractivity contribution < 1.29 is 29.1 Å². The highest BCUT2D eigenvalue weighted by atomic mass is 16.7. The monoisotopic (exact) mass is 467 g/mol. The lowest BCUT2D eigenvalue weighted by Gasteiger charge is -2.23. The lowest BCUT2D eigenvalue weighted by atomic mass is 9.98. The summed E-state index contributed by atoms with van der Waals surface area (Å²) in [5.41, 5.74) is 6.63. The Hall–Kier alpha value is -3.43. The fraction of sp³-hybridized carbons (Fsp3) is 0.400. The van der Waals surface area contributed by atoms with E-state index < -0.39 is 30.1 Å². The number of aliphatic carboxylic acids is 1. The fourth-order valence-electron chi connectivity index (χ4n) is 4.28. The van der Waals surface area contributed by atoms with Crippen LogP contribution in [0.15, 0.2) is 48.5 Å². The van der Waals surface area contributed by atoms with Gasteiger partial charge in [-0.2, -0.15) is 0 Å². The van der Waals surface area contributed by atoms with Gasteiger partial charge < -0.3 is 20.1 Å². The molecule has 180 valence electrons. The Bertz CT molecular complexity index is 1020.